The van der Waals surface area contributed by atoms with Crippen molar-refractivity contribution < 1.29 is 9.18 Å². The number of halogens is 2. The van der Waals surface area contributed by atoms with E-state index in [1.807, 2.05) is 11.8 Å². The Labute approximate surface area is 120 Å². The average Bonchev–Trinajstić information content (AvgIpc) is 2.33. The van der Waals surface area contributed by atoms with Crippen LogP contribution in [-0.2, 0) is 11.2 Å². The molecule has 1 aromatic carbocycles. The topological polar surface area (TPSA) is 17.1 Å². The first kappa shape index (κ1) is 14.2. The van der Waals surface area contributed by atoms with E-state index in [4.69, 9.17) is 11.6 Å². The Kier molecular flexibility index (Phi) is 4.98. The van der Waals surface area contributed by atoms with E-state index in [-0.39, 0.29) is 17.5 Å². The molecule has 1 heterocycles. The number of hydrogen-bond acceptors (Lipinski definition) is 3. The summed E-state index contributed by atoms with van der Waals surface area (Å²) in [6.07, 6.45) is 0.158. The highest BCUT2D eigenvalue weighted by molar-refractivity contribution is 8.07. The normalized spacial score (nSPS) is 23.9. The Morgan fingerprint density at radius 1 is 1.44 bits per heavy atom. The van der Waals surface area contributed by atoms with Gasteiger partial charge in [0.2, 0.25) is 0 Å². The van der Waals surface area contributed by atoms with Crippen LogP contribution in [-0.4, -0.2) is 27.8 Å². The first-order chi connectivity index (χ1) is 8.58. The molecular weight excluding hydrogens is 291 g/mol. The second kappa shape index (κ2) is 6.31. The van der Waals surface area contributed by atoms with E-state index >= 15 is 0 Å². The van der Waals surface area contributed by atoms with Gasteiger partial charge in [-0.25, -0.2) is 4.39 Å². The van der Waals surface area contributed by atoms with Crippen molar-refractivity contribution >= 4 is 40.9 Å². The molecule has 0 radical (unpaired) electrons. The molecule has 0 aromatic heterocycles. The van der Waals surface area contributed by atoms with Gasteiger partial charge >= 0.3 is 0 Å². The molecule has 1 nitrogen and oxygen atoms in total. The summed E-state index contributed by atoms with van der Waals surface area (Å²) >= 11 is 9.20. The largest absolute Gasteiger partial charge is 0.298 e. The second-order valence-corrected chi connectivity index (χ2v) is 7.42. The van der Waals surface area contributed by atoms with Gasteiger partial charge in [0.15, 0.2) is 5.78 Å². The summed E-state index contributed by atoms with van der Waals surface area (Å²) in [5, 5.41) is 0.658. The van der Waals surface area contributed by atoms with Crippen LogP contribution in [0.1, 0.15) is 12.5 Å². The predicted octanol–water partition coefficient (Wildman–Crippen LogP) is 3.83. The molecule has 0 bridgehead atoms. The highest BCUT2D eigenvalue weighted by Crippen LogP contribution is 2.32. The molecule has 1 aliphatic rings. The minimum Gasteiger partial charge on any atom is -0.298 e. The molecule has 2 unspecified atom stereocenters. The molecule has 18 heavy (non-hydrogen) atoms. The van der Waals surface area contributed by atoms with Crippen molar-refractivity contribution in [3.8, 4) is 0 Å². The second-order valence-electron chi connectivity index (χ2n) is 4.25. The number of benzene rings is 1. The molecule has 1 aliphatic heterocycles. The molecule has 0 saturated carbocycles. The van der Waals surface area contributed by atoms with Crippen LogP contribution < -0.4 is 0 Å². The van der Waals surface area contributed by atoms with Crippen LogP contribution >= 0.6 is 35.1 Å². The van der Waals surface area contributed by atoms with E-state index in [2.05, 4.69) is 6.92 Å². The van der Waals surface area contributed by atoms with Gasteiger partial charge in [-0.1, -0.05) is 24.6 Å². The number of thioether (sulfide) groups is 2. The Bertz CT molecular complexity index is 453. The molecule has 0 spiro atoms. The van der Waals surface area contributed by atoms with Gasteiger partial charge in [-0.2, -0.15) is 11.8 Å². The van der Waals surface area contributed by atoms with Crippen LogP contribution in [0, 0.1) is 5.82 Å². The molecule has 1 fully saturated rings. The molecule has 0 aliphatic carbocycles. The van der Waals surface area contributed by atoms with Gasteiger partial charge in [-0.3, -0.25) is 4.79 Å². The summed E-state index contributed by atoms with van der Waals surface area (Å²) in [6.45, 7) is 2.07. The number of carbonyl (C=O) groups excluding carboxylic acids is 1. The maximum atomic E-state index is 13.6. The van der Waals surface area contributed by atoms with Crippen LogP contribution in [0.5, 0.6) is 0 Å². The van der Waals surface area contributed by atoms with Crippen molar-refractivity contribution in [2.45, 2.75) is 23.8 Å². The number of carbonyl (C=O) groups is 1. The molecular formula is C13H14ClFOS2. The molecule has 2 atom stereocenters. The van der Waals surface area contributed by atoms with Crippen molar-refractivity contribution in [2.75, 3.05) is 11.5 Å². The van der Waals surface area contributed by atoms with Gasteiger partial charge in [0.05, 0.1) is 5.25 Å². The van der Waals surface area contributed by atoms with Crippen LogP contribution in [0.25, 0.3) is 0 Å². The summed E-state index contributed by atoms with van der Waals surface area (Å²) in [5.74, 6) is 1.80. The SMILES string of the molecule is CC1SCCSC1C(=O)Cc1ccc(Cl)cc1F. The zero-order valence-corrected chi connectivity index (χ0v) is 12.4. The van der Waals surface area contributed by atoms with Crippen molar-refractivity contribution in [2.24, 2.45) is 0 Å². The lowest BCUT2D eigenvalue weighted by Gasteiger charge is -2.26. The molecule has 0 amide bonds. The van der Waals surface area contributed by atoms with Gasteiger partial charge < -0.3 is 0 Å². The molecule has 0 N–H and O–H groups in total. The maximum Gasteiger partial charge on any atom is 0.151 e. The fourth-order valence-corrected chi connectivity index (χ4v) is 4.83. The minimum absolute atomic E-state index is 0.0150. The molecule has 1 aromatic rings. The minimum atomic E-state index is -0.392. The van der Waals surface area contributed by atoms with Crippen LogP contribution in [0.3, 0.4) is 0 Å². The van der Waals surface area contributed by atoms with Crippen molar-refractivity contribution in [3.63, 3.8) is 0 Å². The van der Waals surface area contributed by atoms with Crippen LogP contribution in [0.2, 0.25) is 5.02 Å². The van der Waals surface area contributed by atoms with Gasteiger partial charge in [-0.15, -0.1) is 11.8 Å². The van der Waals surface area contributed by atoms with Crippen molar-refractivity contribution in [1.29, 1.82) is 0 Å². The highest BCUT2D eigenvalue weighted by Gasteiger charge is 2.29. The maximum absolute atomic E-state index is 13.6. The zero-order valence-electron chi connectivity index (χ0n) is 9.99. The average molecular weight is 305 g/mol. The van der Waals surface area contributed by atoms with E-state index < -0.39 is 5.82 Å². The van der Waals surface area contributed by atoms with Crippen molar-refractivity contribution in [1.82, 2.24) is 0 Å². The number of rotatable bonds is 3. The lowest BCUT2D eigenvalue weighted by Crippen LogP contribution is -2.32. The summed E-state index contributed by atoms with van der Waals surface area (Å²) in [7, 11) is 0. The lowest BCUT2D eigenvalue weighted by molar-refractivity contribution is -0.117. The molecule has 98 valence electrons. The monoisotopic (exact) mass is 304 g/mol. The van der Waals surface area contributed by atoms with Gasteiger partial charge in [0.1, 0.15) is 5.82 Å². The van der Waals surface area contributed by atoms with E-state index in [9.17, 15) is 9.18 Å². The summed E-state index contributed by atoms with van der Waals surface area (Å²) < 4.78 is 13.6. The number of ketones is 1. The fourth-order valence-electron chi connectivity index (χ4n) is 1.94. The summed E-state index contributed by atoms with van der Waals surface area (Å²) in [5.41, 5.74) is 0.438. The summed E-state index contributed by atoms with van der Waals surface area (Å²) in [6, 6.07) is 4.48. The van der Waals surface area contributed by atoms with E-state index in [0.29, 0.717) is 15.8 Å². The van der Waals surface area contributed by atoms with Gasteiger partial charge in [-0.05, 0) is 17.7 Å². The third-order valence-corrected chi connectivity index (χ3v) is 6.26. The Morgan fingerprint density at radius 2 is 2.17 bits per heavy atom. The zero-order chi connectivity index (χ0) is 13.1. The third-order valence-electron chi connectivity index (χ3n) is 2.88. The lowest BCUT2D eigenvalue weighted by atomic mass is 10.1. The third kappa shape index (κ3) is 3.43. The highest BCUT2D eigenvalue weighted by atomic mass is 35.5. The van der Waals surface area contributed by atoms with E-state index in [1.54, 1.807) is 23.9 Å². The number of hydrogen-bond donors (Lipinski definition) is 0. The van der Waals surface area contributed by atoms with E-state index in [0.717, 1.165) is 11.5 Å². The number of Topliss-reactive ketones (excluding diaryl/α,β-unsaturated/α-hetero) is 1. The van der Waals surface area contributed by atoms with Crippen LogP contribution in [0.4, 0.5) is 4.39 Å². The standard InChI is InChI=1S/C13H14ClFOS2/c1-8-13(18-5-4-17-8)12(16)6-9-2-3-10(14)7-11(9)15/h2-3,7-8,13H,4-6H2,1H3. The van der Waals surface area contributed by atoms with Gasteiger partial charge in [0.25, 0.3) is 0 Å². The predicted molar refractivity (Wildman–Crippen MR) is 78.3 cm³/mol. The Balaban J connectivity index is 2.06. The fraction of sp³-hybridized carbons (Fsp3) is 0.462. The molecule has 2 rings (SSSR count). The van der Waals surface area contributed by atoms with Gasteiger partial charge in [0, 0.05) is 28.2 Å². The summed E-state index contributed by atoms with van der Waals surface area (Å²) in [4.78, 5) is 12.2. The van der Waals surface area contributed by atoms with E-state index in [1.165, 1.54) is 6.07 Å². The van der Waals surface area contributed by atoms with Crippen LogP contribution in [0.15, 0.2) is 18.2 Å². The Hall–Kier alpha value is -0.190. The van der Waals surface area contributed by atoms with Crippen molar-refractivity contribution in [3.05, 3.63) is 34.6 Å². The Morgan fingerprint density at radius 3 is 2.83 bits per heavy atom. The smallest absolute Gasteiger partial charge is 0.151 e. The first-order valence-electron chi connectivity index (χ1n) is 5.78. The molecule has 1 saturated heterocycles. The quantitative estimate of drug-likeness (QED) is 0.845. The molecule has 5 heteroatoms. The first-order valence-corrected chi connectivity index (χ1v) is 8.25.